The highest BCUT2D eigenvalue weighted by molar-refractivity contribution is 7.80. The van der Waals surface area contributed by atoms with Gasteiger partial charge in [0.15, 0.2) is 0 Å². The van der Waals surface area contributed by atoms with Crippen LogP contribution < -0.4 is 10.6 Å². The number of nitrogens with one attached hydrogen (secondary N) is 2. The Kier molecular flexibility index (Phi) is 6.34. The van der Waals surface area contributed by atoms with Crippen LogP contribution in [0.2, 0.25) is 0 Å². The van der Waals surface area contributed by atoms with E-state index in [-0.39, 0.29) is 18.2 Å². The second-order valence-corrected chi connectivity index (χ2v) is 2.72. The average molecular weight is 206 g/mol. The van der Waals surface area contributed by atoms with Crippen molar-refractivity contribution in [3.05, 3.63) is 0 Å². The topological polar surface area (TPSA) is 67.4 Å². The fourth-order valence-corrected chi connectivity index (χ4v) is 0.968. The molecule has 0 aliphatic heterocycles. The van der Waals surface area contributed by atoms with Crippen molar-refractivity contribution in [3.8, 4) is 0 Å². The molecule has 13 heavy (non-hydrogen) atoms. The number of esters is 1. The minimum absolute atomic E-state index is 0.168. The SMILES string of the molecule is CNCC(=O)NC(CS)C(=O)OC. The fraction of sp³-hybridized carbons (Fsp3) is 0.714. The molecular weight excluding hydrogens is 192 g/mol. The van der Waals surface area contributed by atoms with Crippen LogP contribution in [0.1, 0.15) is 0 Å². The van der Waals surface area contributed by atoms with Crippen LogP contribution in [0.4, 0.5) is 0 Å². The van der Waals surface area contributed by atoms with Gasteiger partial charge >= 0.3 is 5.97 Å². The smallest absolute Gasteiger partial charge is 0.329 e. The summed E-state index contributed by atoms with van der Waals surface area (Å²) in [5, 5.41) is 5.13. The summed E-state index contributed by atoms with van der Waals surface area (Å²) in [6.07, 6.45) is 0. The van der Waals surface area contributed by atoms with Gasteiger partial charge in [0.05, 0.1) is 13.7 Å². The standard InChI is InChI=1S/C7H14N2O3S/c1-8-3-6(10)9-5(4-13)7(11)12-2/h5,8,13H,3-4H2,1-2H3,(H,9,10). The highest BCUT2D eigenvalue weighted by Gasteiger charge is 2.18. The van der Waals surface area contributed by atoms with Gasteiger partial charge in [0, 0.05) is 5.75 Å². The predicted molar refractivity (Wildman–Crippen MR) is 51.7 cm³/mol. The van der Waals surface area contributed by atoms with Gasteiger partial charge in [0.1, 0.15) is 6.04 Å². The first-order valence-corrected chi connectivity index (χ1v) is 4.41. The Balaban J connectivity index is 3.97. The molecule has 0 heterocycles. The number of hydrogen-bond donors (Lipinski definition) is 3. The minimum atomic E-state index is -0.672. The molecule has 0 spiro atoms. The first-order valence-electron chi connectivity index (χ1n) is 3.78. The maximum absolute atomic E-state index is 11.0. The molecule has 0 rings (SSSR count). The molecule has 0 aliphatic rings. The van der Waals surface area contributed by atoms with Crippen LogP contribution >= 0.6 is 12.6 Å². The van der Waals surface area contributed by atoms with E-state index in [9.17, 15) is 9.59 Å². The molecular formula is C7H14N2O3S. The van der Waals surface area contributed by atoms with E-state index in [1.54, 1.807) is 7.05 Å². The highest BCUT2D eigenvalue weighted by Crippen LogP contribution is 1.90. The van der Waals surface area contributed by atoms with Gasteiger partial charge < -0.3 is 15.4 Å². The van der Waals surface area contributed by atoms with Gasteiger partial charge in [-0.1, -0.05) is 0 Å². The van der Waals surface area contributed by atoms with Crippen molar-refractivity contribution >= 4 is 24.5 Å². The zero-order valence-corrected chi connectivity index (χ0v) is 8.56. The van der Waals surface area contributed by atoms with Crippen LogP contribution in [0.15, 0.2) is 0 Å². The number of thiol groups is 1. The van der Waals surface area contributed by atoms with Crippen LogP contribution in [0.5, 0.6) is 0 Å². The maximum atomic E-state index is 11.0. The molecule has 0 saturated carbocycles. The van der Waals surface area contributed by atoms with Crippen LogP contribution in [0, 0.1) is 0 Å². The van der Waals surface area contributed by atoms with E-state index in [0.29, 0.717) is 0 Å². The number of carbonyl (C=O) groups excluding carboxylic acids is 2. The lowest BCUT2D eigenvalue weighted by Crippen LogP contribution is -2.45. The van der Waals surface area contributed by atoms with Gasteiger partial charge in [0.2, 0.25) is 5.91 Å². The van der Waals surface area contributed by atoms with E-state index in [4.69, 9.17) is 0 Å². The summed E-state index contributed by atoms with van der Waals surface area (Å²) in [7, 11) is 2.91. The molecule has 0 aromatic carbocycles. The van der Waals surface area contributed by atoms with Crippen molar-refractivity contribution in [2.75, 3.05) is 26.5 Å². The lowest BCUT2D eigenvalue weighted by Gasteiger charge is -2.13. The molecule has 0 saturated heterocycles. The van der Waals surface area contributed by atoms with E-state index in [1.165, 1.54) is 7.11 Å². The van der Waals surface area contributed by atoms with Crippen molar-refractivity contribution in [1.82, 2.24) is 10.6 Å². The highest BCUT2D eigenvalue weighted by atomic mass is 32.1. The van der Waals surface area contributed by atoms with Gasteiger partial charge in [-0.05, 0) is 7.05 Å². The molecule has 1 amide bonds. The Bertz CT molecular complexity index is 187. The normalized spacial score (nSPS) is 11.9. The first-order chi connectivity index (χ1) is 6.15. The summed E-state index contributed by atoms with van der Waals surface area (Å²) in [5.74, 6) is -0.520. The molecule has 5 nitrogen and oxygen atoms in total. The molecule has 0 aromatic heterocycles. The van der Waals surface area contributed by atoms with E-state index >= 15 is 0 Å². The second kappa shape index (κ2) is 6.73. The molecule has 0 aromatic rings. The summed E-state index contributed by atoms with van der Waals surface area (Å²) < 4.78 is 4.46. The first kappa shape index (κ1) is 12.2. The molecule has 76 valence electrons. The third-order valence-corrected chi connectivity index (χ3v) is 1.71. The lowest BCUT2D eigenvalue weighted by atomic mass is 10.3. The van der Waals surface area contributed by atoms with Crippen LogP contribution in [-0.2, 0) is 14.3 Å². The molecule has 0 aliphatic carbocycles. The maximum Gasteiger partial charge on any atom is 0.329 e. The number of likely N-dealkylation sites (N-methyl/N-ethyl adjacent to an activating group) is 1. The lowest BCUT2D eigenvalue weighted by molar-refractivity contribution is -0.144. The molecule has 1 unspecified atom stereocenters. The number of carbonyl (C=O) groups is 2. The van der Waals surface area contributed by atoms with Crippen molar-refractivity contribution < 1.29 is 14.3 Å². The summed E-state index contributed by atoms with van der Waals surface area (Å²) >= 11 is 3.92. The molecule has 0 fully saturated rings. The number of hydrogen-bond acceptors (Lipinski definition) is 5. The Morgan fingerprint density at radius 3 is 2.54 bits per heavy atom. The summed E-state index contributed by atoms with van der Waals surface area (Å²) in [5.41, 5.74) is 0. The third kappa shape index (κ3) is 4.74. The Hall–Kier alpha value is -0.750. The van der Waals surface area contributed by atoms with Crippen LogP contribution in [-0.4, -0.2) is 44.4 Å². The summed E-state index contributed by atoms with van der Waals surface area (Å²) in [6, 6.07) is -0.672. The van der Waals surface area contributed by atoms with Crippen molar-refractivity contribution in [1.29, 1.82) is 0 Å². The fourth-order valence-electron chi connectivity index (χ4n) is 0.727. The quantitative estimate of drug-likeness (QED) is 0.390. The number of amides is 1. The molecule has 0 radical (unpaired) electrons. The molecule has 2 N–H and O–H groups in total. The van der Waals surface area contributed by atoms with Gasteiger partial charge in [-0.2, -0.15) is 12.6 Å². The second-order valence-electron chi connectivity index (χ2n) is 2.36. The van der Waals surface area contributed by atoms with Crippen LogP contribution in [0.3, 0.4) is 0 Å². The van der Waals surface area contributed by atoms with Crippen molar-refractivity contribution in [2.24, 2.45) is 0 Å². The molecule has 0 bridgehead atoms. The van der Waals surface area contributed by atoms with E-state index in [2.05, 4.69) is 28.0 Å². The van der Waals surface area contributed by atoms with Crippen LogP contribution in [0.25, 0.3) is 0 Å². The number of ether oxygens (including phenoxy) is 1. The van der Waals surface area contributed by atoms with E-state index in [1.807, 2.05) is 0 Å². The Morgan fingerprint density at radius 1 is 1.54 bits per heavy atom. The Morgan fingerprint density at radius 2 is 2.15 bits per heavy atom. The van der Waals surface area contributed by atoms with E-state index in [0.717, 1.165) is 0 Å². The largest absolute Gasteiger partial charge is 0.467 e. The zero-order chi connectivity index (χ0) is 10.3. The van der Waals surface area contributed by atoms with Crippen molar-refractivity contribution in [3.63, 3.8) is 0 Å². The van der Waals surface area contributed by atoms with Gasteiger partial charge in [-0.25, -0.2) is 4.79 Å². The minimum Gasteiger partial charge on any atom is -0.467 e. The van der Waals surface area contributed by atoms with E-state index < -0.39 is 12.0 Å². The van der Waals surface area contributed by atoms with Gasteiger partial charge in [-0.15, -0.1) is 0 Å². The third-order valence-electron chi connectivity index (χ3n) is 1.34. The van der Waals surface area contributed by atoms with Crippen molar-refractivity contribution in [2.45, 2.75) is 6.04 Å². The summed E-state index contributed by atoms with van der Waals surface area (Å²) in [4.78, 5) is 22.0. The number of methoxy groups -OCH3 is 1. The average Bonchev–Trinajstić information content (AvgIpc) is 2.13. The molecule has 6 heteroatoms. The Labute approximate surface area is 82.6 Å². The zero-order valence-electron chi connectivity index (χ0n) is 7.66. The summed E-state index contributed by atoms with van der Waals surface area (Å²) in [6.45, 7) is 0.168. The number of rotatable bonds is 5. The predicted octanol–water partition coefficient (Wildman–Crippen LogP) is -1.21. The monoisotopic (exact) mass is 206 g/mol. The van der Waals surface area contributed by atoms with Gasteiger partial charge in [-0.3, -0.25) is 4.79 Å². The molecule has 1 atom stereocenters. The van der Waals surface area contributed by atoms with Gasteiger partial charge in [0.25, 0.3) is 0 Å².